The lowest BCUT2D eigenvalue weighted by Gasteiger charge is -2.39. The molecule has 1 aromatic carbocycles. The van der Waals surface area contributed by atoms with Gasteiger partial charge in [0.25, 0.3) is 0 Å². The van der Waals surface area contributed by atoms with E-state index in [0.717, 1.165) is 31.6 Å². The summed E-state index contributed by atoms with van der Waals surface area (Å²) < 4.78 is 0. The minimum absolute atomic E-state index is 0.0510. The Labute approximate surface area is 154 Å². The Kier molecular flexibility index (Phi) is 6.56. The largest absolute Gasteiger partial charge is 0.298 e. The Balaban J connectivity index is 1.62. The number of nitrogens with zero attached hydrogens (tertiary/aromatic N) is 2. The van der Waals surface area contributed by atoms with Crippen LogP contribution in [-0.4, -0.2) is 47.9 Å². The van der Waals surface area contributed by atoms with Crippen LogP contribution in [0.4, 0.5) is 0 Å². The molecule has 2 aliphatic heterocycles. The summed E-state index contributed by atoms with van der Waals surface area (Å²) in [5, 5.41) is 1.06. The number of Topliss-reactive ketones (excluding diaryl/α,β-unsaturated/α-hetero) is 1. The minimum Gasteiger partial charge on any atom is -0.298 e. The van der Waals surface area contributed by atoms with Crippen LogP contribution < -0.4 is 0 Å². The molecule has 0 radical (unpaired) electrons. The predicted molar refractivity (Wildman–Crippen MR) is 99.8 cm³/mol. The maximum Gasteiger partial charge on any atom is 0.154 e. The van der Waals surface area contributed by atoms with E-state index in [0.29, 0.717) is 22.2 Å². The fraction of sp³-hybridized carbons (Fsp3) is 0.632. The lowest BCUT2D eigenvalue weighted by molar-refractivity contribution is -0.126. The zero-order valence-electron chi connectivity index (χ0n) is 14.1. The summed E-state index contributed by atoms with van der Waals surface area (Å²) in [4.78, 5) is 17.8. The van der Waals surface area contributed by atoms with E-state index >= 15 is 0 Å². The Morgan fingerprint density at radius 2 is 1.75 bits per heavy atom. The highest BCUT2D eigenvalue weighted by molar-refractivity contribution is 6.42. The summed E-state index contributed by atoms with van der Waals surface area (Å²) in [6, 6.07) is 5.55. The molecular weight excluding hydrogens is 343 g/mol. The molecular formula is C19H26Cl2N2O. The SMILES string of the molecule is O=C(Cc1ccc(Cl)c(Cl)c1)C1CCCCN1CN1CCCCC1. The number of rotatable bonds is 5. The Bertz CT molecular complexity index is 572. The van der Waals surface area contributed by atoms with E-state index in [1.807, 2.05) is 12.1 Å². The van der Waals surface area contributed by atoms with Gasteiger partial charge in [-0.3, -0.25) is 14.6 Å². The molecule has 0 amide bonds. The molecule has 2 fully saturated rings. The van der Waals surface area contributed by atoms with Crippen molar-refractivity contribution < 1.29 is 4.79 Å². The van der Waals surface area contributed by atoms with Gasteiger partial charge in [0.2, 0.25) is 0 Å². The molecule has 3 nitrogen and oxygen atoms in total. The van der Waals surface area contributed by atoms with Gasteiger partial charge in [0.15, 0.2) is 5.78 Å². The number of likely N-dealkylation sites (tertiary alicyclic amines) is 2. The average Bonchev–Trinajstić information content (AvgIpc) is 2.59. The molecule has 1 atom stereocenters. The van der Waals surface area contributed by atoms with Crippen molar-refractivity contribution in [1.82, 2.24) is 9.80 Å². The fourth-order valence-electron chi connectivity index (χ4n) is 3.85. The molecule has 0 N–H and O–H groups in total. The predicted octanol–water partition coefficient (Wildman–Crippen LogP) is 4.40. The lowest BCUT2D eigenvalue weighted by Crippen LogP contribution is -2.51. The summed E-state index contributed by atoms with van der Waals surface area (Å²) in [6.45, 7) is 4.32. The van der Waals surface area contributed by atoms with Gasteiger partial charge in [-0.15, -0.1) is 0 Å². The molecule has 2 heterocycles. The first-order valence-electron chi connectivity index (χ1n) is 9.06. The summed E-state index contributed by atoms with van der Waals surface area (Å²) in [7, 11) is 0. The van der Waals surface area contributed by atoms with Crippen LogP contribution in [0.1, 0.15) is 44.1 Å². The molecule has 0 saturated carbocycles. The summed E-state index contributed by atoms with van der Waals surface area (Å²) >= 11 is 12.0. The van der Waals surface area contributed by atoms with Gasteiger partial charge in [0.05, 0.1) is 22.8 Å². The van der Waals surface area contributed by atoms with Gasteiger partial charge in [-0.25, -0.2) is 0 Å². The molecule has 5 heteroatoms. The number of carbonyl (C=O) groups is 1. The van der Waals surface area contributed by atoms with Gasteiger partial charge in [-0.05, 0) is 56.5 Å². The van der Waals surface area contributed by atoms with E-state index in [-0.39, 0.29) is 6.04 Å². The van der Waals surface area contributed by atoms with Crippen molar-refractivity contribution in [3.8, 4) is 0 Å². The lowest BCUT2D eigenvalue weighted by atomic mass is 9.95. The van der Waals surface area contributed by atoms with Crippen LogP contribution >= 0.6 is 23.2 Å². The van der Waals surface area contributed by atoms with E-state index in [4.69, 9.17) is 23.2 Å². The van der Waals surface area contributed by atoms with Crippen molar-refractivity contribution in [2.45, 2.75) is 51.0 Å². The molecule has 24 heavy (non-hydrogen) atoms. The molecule has 0 aliphatic carbocycles. The van der Waals surface area contributed by atoms with E-state index < -0.39 is 0 Å². The van der Waals surface area contributed by atoms with Gasteiger partial charge >= 0.3 is 0 Å². The van der Waals surface area contributed by atoms with Crippen LogP contribution in [0.2, 0.25) is 10.0 Å². The maximum atomic E-state index is 12.9. The molecule has 2 aliphatic rings. The molecule has 3 rings (SSSR count). The van der Waals surface area contributed by atoms with Crippen molar-refractivity contribution in [1.29, 1.82) is 0 Å². The highest BCUT2D eigenvalue weighted by Gasteiger charge is 2.29. The fourth-order valence-corrected chi connectivity index (χ4v) is 4.17. The molecule has 0 spiro atoms. The van der Waals surface area contributed by atoms with Gasteiger partial charge in [0, 0.05) is 13.0 Å². The van der Waals surface area contributed by atoms with Gasteiger partial charge < -0.3 is 0 Å². The third kappa shape index (κ3) is 4.72. The van der Waals surface area contributed by atoms with Gasteiger partial charge in [-0.2, -0.15) is 0 Å². The average molecular weight is 369 g/mol. The highest BCUT2D eigenvalue weighted by Crippen LogP contribution is 2.25. The van der Waals surface area contributed by atoms with Crippen LogP contribution in [0.5, 0.6) is 0 Å². The third-order valence-electron chi connectivity index (χ3n) is 5.18. The van der Waals surface area contributed by atoms with Crippen molar-refractivity contribution in [3.05, 3.63) is 33.8 Å². The number of halogens is 2. The topological polar surface area (TPSA) is 23.6 Å². The monoisotopic (exact) mass is 368 g/mol. The number of piperidine rings is 2. The molecule has 1 aromatic rings. The molecule has 0 bridgehead atoms. The van der Waals surface area contributed by atoms with Crippen molar-refractivity contribution in [3.63, 3.8) is 0 Å². The Morgan fingerprint density at radius 3 is 2.50 bits per heavy atom. The standard InChI is InChI=1S/C19H26Cl2N2O/c20-16-8-7-15(12-17(16)21)13-19(24)18-6-2-5-11-23(18)14-22-9-3-1-4-10-22/h7-8,12,18H,1-6,9-11,13-14H2. The van der Waals surface area contributed by atoms with Crippen LogP contribution in [0.15, 0.2) is 18.2 Å². The van der Waals surface area contributed by atoms with Crippen LogP contribution in [0.3, 0.4) is 0 Å². The quantitative estimate of drug-likeness (QED) is 0.769. The second-order valence-electron chi connectivity index (χ2n) is 7.04. The summed E-state index contributed by atoms with van der Waals surface area (Å²) in [5.41, 5.74) is 0.956. The van der Waals surface area contributed by atoms with E-state index in [9.17, 15) is 4.79 Å². The first kappa shape index (κ1) is 18.2. The molecule has 2 saturated heterocycles. The van der Waals surface area contributed by atoms with Crippen molar-refractivity contribution >= 4 is 29.0 Å². The smallest absolute Gasteiger partial charge is 0.154 e. The number of benzene rings is 1. The van der Waals surface area contributed by atoms with Crippen LogP contribution in [0, 0.1) is 0 Å². The first-order chi connectivity index (χ1) is 11.6. The maximum absolute atomic E-state index is 12.9. The minimum atomic E-state index is 0.0510. The number of carbonyl (C=O) groups excluding carboxylic acids is 1. The second-order valence-corrected chi connectivity index (χ2v) is 7.85. The third-order valence-corrected chi connectivity index (χ3v) is 5.92. The molecule has 132 valence electrons. The van der Waals surface area contributed by atoms with Gasteiger partial charge in [0.1, 0.15) is 0 Å². The Hall–Kier alpha value is -0.610. The number of ketones is 1. The Morgan fingerprint density at radius 1 is 1.00 bits per heavy atom. The van der Waals surface area contributed by atoms with E-state index in [1.165, 1.54) is 38.8 Å². The first-order valence-corrected chi connectivity index (χ1v) is 9.82. The van der Waals surface area contributed by atoms with Crippen LogP contribution in [0.25, 0.3) is 0 Å². The van der Waals surface area contributed by atoms with Crippen molar-refractivity contribution in [2.75, 3.05) is 26.3 Å². The molecule has 0 aromatic heterocycles. The molecule has 1 unspecified atom stereocenters. The number of hydrogen-bond donors (Lipinski definition) is 0. The van der Waals surface area contributed by atoms with E-state index in [1.54, 1.807) is 6.07 Å². The highest BCUT2D eigenvalue weighted by atomic mass is 35.5. The zero-order valence-corrected chi connectivity index (χ0v) is 15.7. The second kappa shape index (κ2) is 8.66. The number of hydrogen-bond acceptors (Lipinski definition) is 3. The summed E-state index contributed by atoms with van der Waals surface area (Å²) in [6.07, 6.45) is 7.69. The summed E-state index contributed by atoms with van der Waals surface area (Å²) in [5.74, 6) is 0.310. The normalized spacial score (nSPS) is 23.3. The van der Waals surface area contributed by atoms with Crippen molar-refractivity contribution in [2.24, 2.45) is 0 Å². The van der Waals surface area contributed by atoms with Crippen LogP contribution in [-0.2, 0) is 11.2 Å². The van der Waals surface area contributed by atoms with E-state index in [2.05, 4.69) is 9.80 Å². The zero-order chi connectivity index (χ0) is 16.9. The van der Waals surface area contributed by atoms with Gasteiger partial charge in [-0.1, -0.05) is 42.1 Å².